The Morgan fingerprint density at radius 2 is 1.76 bits per heavy atom. The molecule has 0 fully saturated rings. The van der Waals surface area contributed by atoms with E-state index in [9.17, 15) is 9.59 Å². The number of nitrogens with zero attached hydrogens (tertiary/aromatic N) is 1. The molecule has 1 aromatic carbocycles. The molecular weight excluding hydrogens is 222 g/mol. The second-order valence-corrected chi connectivity index (χ2v) is 3.67. The fourth-order valence-corrected chi connectivity index (χ4v) is 1.11. The summed E-state index contributed by atoms with van der Waals surface area (Å²) in [5, 5.41) is 0. The number of benzene rings is 1. The minimum Gasteiger partial charge on any atom is -0.427 e. The Balaban J connectivity index is 2.28. The van der Waals surface area contributed by atoms with Gasteiger partial charge in [0.2, 0.25) is 6.79 Å². The number of hydrogen-bond acceptors (Lipinski definition) is 5. The molecule has 0 aromatic heterocycles. The maximum absolute atomic E-state index is 11.4. The van der Waals surface area contributed by atoms with Gasteiger partial charge in [-0.05, 0) is 26.2 Å². The molecule has 0 spiro atoms. The highest BCUT2D eigenvalue weighted by molar-refractivity contribution is 5.89. The molecule has 0 atom stereocenters. The van der Waals surface area contributed by atoms with E-state index in [-0.39, 0.29) is 13.3 Å². The number of hydrogen-bond donors (Lipinski definition) is 0. The zero-order valence-corrected chi connectivity index (χ0v) is 9.88. The lowest BCUT2D eigenvalue weighted by molar-refractivity contribution is -0.152. The standard InChI is InChI=1S/C12H15NO4/c1-13(2)8-11(14)16-9-17-12(15)10-6-4-3-5-7-10/h3-7H,8-9H2,1-2H3. The predicted molar refractivity (Wildman–Crippen MR) is 61.4 cm³/mol. The van der Waals surface area contributed by atoms with E-state index in [2.05, 4.69) is 0 Å². The minimum atomic E-state index is -0.511. The first-order valence-electron chi connectivity index (χ1n) is 5.12. The van der Waals surface area contributed by atoms with E-state index in [0.29, 0.717) is 5.56 Å². The quantitative estimate of drug-likeness (QED) is 0.562. The highest BCUT2D eigenvalue weighted by Crippen LogP contribution is 2.00. The molecule has 0 amide bonds. The highest BCUT2D eigenvalue weighted by Gasteiger charge is 2.08. The van der Waals surface area contributed by atoms with E-state index >= 15 is 0 Å². The predicted octanol–water partition coefficient (Wildman–Crippen LogP) is 0.906. The number of carbonyl (C=O) groups excluding carboxylic acids is 2. The SMILES string of the molecule is CN(C)CC(=O)OCOC(=O)c1ccccc1. The molecule has 0 bridgehead atoms. The molecule has 0 radical (unpaired) electrons. The summed E-state index contributed by atoms with van der Waals surface area (Å²) in [7, 11) is 3.49. The maximum atomic E-state index is 11.4. The van der Waals surface area contributed by atoms with Crippen molar-refractivity contribution in [2.45, 2.75) is 0 Å². The van der Waals surface area contributed by atoms with Gasteiger partial charge in [0.15, 0.2) is 0 Å². The largest absolute Gasteiger partial charge is 0.427 e. The molecule has 0 heterocycles. The molecule has 1 aromatic rings. The number of rotatable bonds is 5. The molecule has 17 heavy (non-hydrogen) atoms. The van der Waals surface area contributed by atoms with Gasteiger partial charge in [-0.1, -0.05) is 18.2 Å². The van der Waals surface area contributed by atoms with Crippen molar-refractivity contribution < 1.29 is 19.1 Å². The molecule has 0 aliphatic rings. The van der Waals surface area contributed by atoms with Crippen LogP contribution in [-0.2, 0) is 14.3 Å². The van der Waals surface area contributed by atoms with Gasteiger partial charge < -0.3 is 9.47 Å². The van der Waals surface area contributed by atoms with Crippen LogP contribution in [0.3, 0.4) is 0 Å². The molecular formula is C12H15NO4. The van der Waals surface area contributed by atoms with E-state index in [1.165, 1.54) is 0 Å². The molecule has 0 aliphatic heterocycles. The van der Waals surface area contributed by atoms with Crippen molar-refractivity contribution in [1.82, 2.24) is 4.90 Å². The highest BCUT2D eigenvalue weighted by atomic mass is 16.7. The third-order valence-corrected chi connectivity index (χ3v) is 1.86. The molecule has 5 heteroatoms. The molecule has 92 valence electrons. The Morgan fingerprint density at radius 1 is 1.12 bits per heavy atom. The number of ether oxygens (including phenoxy) is 2. The van der Waals surface area contributed by atoms with Gasteiger partial charge >= 0.3 is 11.9 Å². The van der Waals surface area contributed by atoms with Crippen molar-refractivity contribution in [2.24, 2.45) is 0 Å². The van der Waals surface area contributed by atoms with E-state index in [0.717, 1.165) is 0 Å². The molecule has 0 saturated heterocycles. The van der Waals surface area contributed by atoms with Gasteiger partial charge in [-0.15, -0.1) is 0 Å². The van der Waals surface area contributed by atoms with Gasteiger partial charge in [0.05, 0.1) is 12.1 Å². The Hall–Kier alpha value is -1.88. The van der Waals surface area contributed by atoms with Crippen LogP contribution in [-0.4, -0.2) is 44.3 Å². The lowest BCUT2D eigenvalue weighted by Gasteiger charge is -2.09. The molecule has 0 N–H and O–H groups in total. The van der Waals surface area contributed by atoms with E-state index in [1.54, 1.807) is 49.3 Å². The van der Waals surface area contributed by atoms with Crippen LogP contribution in [0.2, 0.25) is 0 Å². The van der Waals surface area contributed by atoms with Crippen LogP contribution in [0.5, 0.6) is 0 Å². The van der Waals surface area contributed by atoms with Crippen molar-refractivity contribution in [3.8, 4) is 0 Å². The fourth-order valence-electron chi connectivity index (χ4n) is 1.11. The minimum absolute atomic E-state index is 0.156. The first kappa shape index (κ1) is 13.2. The Morgan fingerprint density at radius 3 is 2.35 bits per heavy atom. The normalized spacial score (nSPS) is 10.1. The number of likely N-dealkylation sites (N-methyl/N-ethyl adjacent to an activating group) is 1. The first-order chi connectivity index (χ1) is 8.09. The fraction of sp³-hybridized carbons (Fsp3) is 0.333. The summed E-state index contributed by atoms with van der Waals surface area (Å²) in [5.41, 5.74) is 0.427. The van der Waals surface area contributed by atoms with Gasteiger partial charge in [-0.3, -0.25) is 9.69 Å². The third-order valence-electron chi connectivity index (χ3n) is 1.86. The zero-order valence-electron chi connectivity index (χ0n) is 9.88. The van der Waals surface area contributed by atoms with Crippen LogP contribution in [0.1, 0.15) is 10.4 Å². The average Bonchev–Trinajstić information content (AvgIpc) is 2.29. The van der Waals surface area contributed by atoms with Crippen LogP contribution >= 0.6 is 0 Å². The zero-order chi connectivity index (χ0) is 12.7. The second kappa shape index (κ2) is 6.65. The molecule has 0 saturated carbocycles. The molecule has 0 unspecified atom stereocenters. The smallest absolute Gasteiger partial charge is 0.340 e. The number of carbonyl (C=O) groups is 2. The Bertz CT molecular complexity index is 375. The van der Waals surface area contributed by atoms with Crippen LogP contribution in [0.15, 0.2) is 30.3 Å². The van der Waals surface area contributed by atoms with Gasteiger partial charge in [-0.25, -0.2) is 4.79 Å². The van der Waals surface area contributed by atoms with Crippen molar-refractivity contribution in [1.29, 1.82) is 0 Å². The summed E-state index contributed by atoms with van der Waals surface area (Å²) < 4.78 is 9.50. The van der Waals surface area contributed by atoms with Gasteiger partial charge in [0.1, 0.15) is 0 Å². The van der Waals surface area contributed by atoms with Crippen molar-refractivity contribution >= 4 is 11.9 Å². The second-order valence-electron chi connectivity index (χ2n) is 3.67. The Labute approximate surface area is 99.9 Å². The summed E-state index contributed by atoms with van der Waals surface area (Å²) in [4.78, 5) is 24.2. The molecule has 0 aliphatic carbocycles. The first-order valence-corrected chi connectivity index (χ1v) is 5.12. The number of esters is 2. The van der Waals surface area contributed by atoms with Crippen molar-refractivity contribution in [3.63, 3.8) is 0 Å². The van der Waals surface area contributed by atoms with Crippen LogP contribution in [0, 0.1) is 0 Å². The summed E-state index contributed by atoms with van der Waals surface area (Å²) in [6.07, 6.45) is 0. The maximum Gasteiger partial charge on any atom is 0.340 e. The van der Waals surface area contributed by atoms with Gasteiger partial charge in [0, 0.05) is 0 Å². The van der Waals surface area contributed by atoms with E-state index in [4.69, 9.17) is 9.47 Å². The summed E-state index contributed by atoms with van der Waals surface area (Å²) in [6.45, 7) is -0.205. The van der Waals surface area contributed by atoms with E-state index < -0.39 is 11.9 Å². The lowest BCUT2D eigenvalue weighted by Crippen LogP contribution is -2.24. The van der Waals surface area contributed by atoms with Crippen LogP contribution in [0.25, 0.3) is 0 Å². The summed E-state index contributed by atoms with van der Waals surface area (Å²) in [5.74, 6) is -0.945. The Kier molecular flexibility index (Phi) is 5.16. The molecule has 1 rings (SSSR count). The monoisotopic (exact) mass is 237 g/mol. The van der Waals surface area contributed by atoms with Crippen molar-refractivity contribution in [2.75, 3.05) is 27.4 Å². The van der Waals surface area contributed by atoms with Gasteiger partial charge in [0.25, 0.3) is 0 Å². The van der Waals surface area contributed by atoms with Crippen LogP contribution < -0.4 is 0 Å². The van der Waals surface area contributed by atoms with Crippen LogP contribution in [0.4, 0.5) is 0 Å². The average molecular weight is 237 g/mol. The third kappa shape index (κ3) is 5.12. The van der Waals surface area contributed by atoms with Gasteiger partial charge in [-0.2, -0.15) is 0 Å². The summed E-state index contributed by atoms with van der Waals surface area (Å²) >= 11 is 0. The van der Waals surface area contributed by atoms with Crippen molar-refractivity contribution in [3.05, 3.63) is 35.9 Å². The topological polar surface area (TPSA) is 55.8 Å². The summed E-state index contributed by atoms with van der Waals surface area (Å²) in [6, 6.07) is 8.52. The lowest BCUT2D eigenvalue weighted by atomic mass is 10.2. The molecule has 5 nitrogen and oxygen atoms in total. The van der Waals surface area contributed by atoms with E-state index in [1.807, 2.05) is 0 Å².